The average molecular weight is 267 g/mol. The van der Waals surface area contributed by atoms with Crippen LogP contribution in [0.3, 0.4) is 0 Å². The van der Waals surface area contributed by atoms with Gasteiger partial charge in [0.1, 0.15) is 0 Å². The molecule has 0 radical (unpaired) electrons. The van der Waals surface area contributed by atoms with E-state index in [1.165, 1.54) is 0 Å². The molecule has 7 heteroatoms. The lowest BCUT2D eigenvalue weighted by molar-refractivity contribution is -0.136. The molecule has 0 aromatic rings. The smallest absolute Gasteiger partial charge is 0.423 e. The first-order chi connectivity index (χ1) is 6.07. The zero-order valence-electron chi connectivity index (χ0n) is 7.56. The molecule has 1 fully saturated rings. The van der Waals surface area contributed by atoms with Gasteiger partial charge in [-0.25, -0.2) is 4.79 Å². The Balaban J connectivity index is 0.00000169. The van der Waals surface area contributed by atoms with Gasteiger partial charge in [-0.05, 0) is 6.92 Å². The lowest BCUT2D eigenvalue weighted by atomic mass is 10.3. The Labute approximate surface area is 91.1 Å². The van der Waals surface area contributed by atoms with Gasteiger partial charge in [-0.15, -0.1) is 17.0 Å². The Kier molecular flexibility index (Phi) is 4.72. The highest BCUT2D eigenvalue weighted by Crippen LogP contribution is 2.12. The van der Waals surface area contributed by atoms with Crippen molar-refractivity contribution in [2.45, 2.75) is 19.4 Å². The van der Waals surface area contributed by atoms with E-state index in [2.05, 4.69) is 4.74 Å². The number of amides is 3. The highest BCUT2D eigenvalue weighted by molar-refractivity contribution is 8.93. The van der Waals surface area contributed by atoms with Crippen molar-refractivity contribution in [2.75, 3.05) is 6.61 Å². The molecule has 1 saturated heterocycles. The third-order valence-electron chi connectivity index (χ3n) is 1.63. The summed E-state index contributed by atoms with van der Waals surface area (Å²) in [7, 11) is 0. The minimum Gasteiger partial charge on any atom is -0.449 e. The molecule has 6 nitrogen and oxygen atoms in total. The molecule has 1 aliphatic heterocycles. The third-order valence-corrected chi connectivity index (χ3v) is 1.63. The molecule has 0 aromatic carbocycles. The van der Waals surface area contributed by atoms with Gasteiger partial charge in [0.25, 0.3) is 5.91 Å². The summed E-state index contributed by atoms with van der Waals surface area (Å²) in [6.07, 6.45) is -1.07. The number of likely N-dealkylation sites (tertiary alicyclic amines) is 1. The van der Waals surface area contributed by atoms with Crippen LogP contribution in [-0.4, -0.2) is 35.5 Å². The Morgan fingerprint density at radius 3 is 2.57 bits per heavy atom. The van der Waals surface area contributed by atoms with Crippen LogP contribution in [0.4, 0.5) is 4.79 Å². The van der Waals surface area contributed by atoms with E-state index >= 15 is 0 Å². The van der Waals surface area contributed by atoms with Crippen LogP contribution in [0.2, 0.25) is 0 Å². The van der Waals surface area contributed by atoms with E-state index in [1.807, 2.05) is 0 Å². The van der Waals surface area contributed by atoms with E-state index < -0.39 is 23.9 Å². The molecule has 0 saturated carbocycles. The highest BCUT2D eigenvalue weighted by Gasteiger charge is 2.41. The van der Waals surface area contributed by atoms with Crippen molar-refractivity contribution in [1.82, 2.24) is 4.90 Å². The number of imide groups is 3. The van der Waals surface area contributed by atoms with Crippen LogP contribution >= 0.6 is 17.0 Å². The standard InChI is InChI=1S/C7H10N2O4.BrH/c1-2-13-7(12)9-5(10)3-4(8)6(9)11;/h4H,2-3,8H2,1H3;1H. The van der Waals surface area contributed by atoms with Crippen LogP contribution < -0.4 is 5.73 Å². The second kappa shape index (κ2) is 5.06. The van der Waals surface area contributed by atoms with Crippen molar-refractivity contribution < 1.29 is 19.1 Å². The first-order valence-corrected chi connectivity index (χ1v) is 3.87. The lowest BCUT2D eigenvalue weighted by Crippen LogP contribution is -2.40. The quantitative estimate of drug-likeness (QED) is 0.665. The second-order valence-electron chi connectivity index (χ2n) is 2.58. The molecule has 1 aliphatic rings. The number of nitrogens with zero attached hydrogens (tertiary/aromatic N) is 1. The summed E-state index contributed by atoms with van der Waals surface area (Å²) in [4.78, 5) is 33.6. The fourth-order valence-electron chi connectivity index (χ4n) is 1.04. The molecule has 2 N–H and O–H groups in total. The zero-order chi connectivity index (χ0) is 10.0. The summed E-state index contributed by atoms with van der Waals surface area (Å²) in [6, 6.07) is -0.906. The third kappa shape index (κ3) is 2.30. The lowest BCUT2D eigenvalue weighted by Gasteiger charge is -2.10. The summed E-state index contributed by atoms with van der Waals surface area (Å²) < 4.78 is 4.50. The maximum absolute atomic E-state index is 11.1. The monoisotopic (exact) mass is 266 g/mol. The molecule has 1 rings (SSSR count). The number of hydrogen-bond donors (Lipinski definition) is 1. The highest BCUT2D eigenvalue weighted by atomic mass is 79.9. The fourth-order valence-corrected chi connectivity index (χ4v) is 1.04. The van der Waals surface area contributed by atoms with Gasteiger partial charge in [0.15, 0.2) is 0 Å². The molecule has 0 aliphatic carbocycles. The van der Waals surface area contributed by atoms with E-state index in [9.17, 15) is 14.4 Å². The Hall–Kier alpha value is -0.950. The summed E-state index contributed by atoms with van der Waals surface area (Å²) in [5.74, 6) is -1.29. The van der Waals surface area contributed by atoms with E-state index in [-0.39, 0.29) is 30.0 Å². The van der Waals surface area contributed by atoms with E-state index in [1.54, 1.807) is 6.92 Å². The van der Waals surface area contributed by atoms with Gasteiger partial charge in [-0.3, -0.25) is 9.59 Å². The fraction of sp³-hybridized carbons (Fsp3) is 0.571. The number of carbonyl (C=O) groups excluding carboxylic acids is 3. The van der Waals surface area contributed by atoms with Crippen LogP contribution in [0.5, 0.6) is 0 Å². The molecule has 1 unspecified atom stereocenters. The Morgan fingerprint density at radius 2 is 2.21 bits per heavy atom. The molecular formula is C7H11BrN2O4. The van der Waals surface area contributed by atoms with E-state index in [0.29, 0.717) is 4.90 Å². The predicted molar refractivity (Wildman–Crippen MR) is 51.8 cm³/mol. The summed E-state index contributed by atoms with van der Waals surface area (Å²) in [5.41, 5.74) is 5.27. The van der Waals surface area contributed by atoms with Crippen molar-refractivity contribution in [2.24, 2.45) is 5.73 Å². The number of nitrogens with two attached hydrogens (primary N) is 1. The zero-order valence-corrected chi connectivity index (χ0v) is 9.27. The maximum Gasteiger partial charge on any atom is 0.423 e. The normalized spacial score (nSPS) is 20.7. The predicted octanol–water partition coefficient (Wildman–Crippen LogP) is -0.193. The van der Waals surface area contributed by atoms with Crippen LogP contribution in [-0.2, 0) is 14.3 Å². The number of hydrogen-bond acceptors (Lipinski definition) is 5. The molecule has 0 aromatic heterocycles. The molecule has 3 amide bonds. The molecule has 1 heterocycles. The van der Waals surface area contributed by atoms with Crippen LogP contribution in [0.1, 0.15) is 13.3 Å². The average Bonchev–Trinajstić information content (AvgIpc) is 2.27. The van der Waals surface area contributed by atoms with Gasteiger partial charge in [0.05, 0.1) is 19.1 Å². The van der Waals surface area contributed by atoms with E-state index in [0.717, 1.165) is 0 Å². The number of halogens is 1. The SMILES string of the molecule is Br.CCOC(=O)N1C(=O)CC(N)C1=O. The van der Waals surface area contributed by atoms with Crippen molar-refractivity contribution in [1.29, 1.82) is 0 Å². The van der Waals surface area contributed by atoms with Crippen molar-refractivity contribution in [3.63, 3.8) is 0 Å². The second-order valence-corrected chi connectivity index (χ2v) is 2.58. The summed E-state index contributed by atoms with van der Waals surface area (Å²) in [6.45, 7) is 1.70. The Morgan fingerprint density at radius 1 is 1.64 bits per heavy atom. The largest absolute Gasteiger partial charge is 0.449 e. The van der Waals surface area contributed by atoms with Crippen molar-refractivity contribution in [3.8, 4) is 0 Å². The maximum atomic E-state index is 11.1. The van der Waals surface area contributed by atoms with Gasteiger partial charge in [-0.1, -0.05) is 0 Å². The van der Waals surface area contributed by atoms with Gasteiger partial charge in [0, 0.05) is 0 Å². The molecule has 14 heavy (non-hydrogen) atoms. The minimum atomic E-state index is -0.939. The molecule has 0 bridgehead atoms. The van der Waals surface area contributed by atoms with Gasteiger partial charge in [-0.2, -0.15) is 4.90 Å². The van der Waals surface area contributed by atoms with Gasteiger partial charge in [0.2, 0.25) is 5.91 Å². The topological polar surface area (TPSA) is 89.7 Å². The molecule has 1 atom stereocenters. The summed E-state index contributed by atoms with van der Waals surface area (Å²) in [5, 5.41) is 0. The molecule has 80 valence electrons. The van der Waals surface area contributed by atoms with Gasteiger partial charge >= 0.3 is 6.09 Å². The molecular weight excluding hydrogens is 256 g/mol. The minimum absolute atomic E-state index is 0. The van der Waals surface area contributed by atoms with Crippen LogP contribution in [0.15, 0.2) is 0 Å². The van der Waals surface area contributed by atoms with Crippen LogP contribution in [0, 0.1) is 0 Å². The number of ether oxygens (including phenoxy) is 1. The van der Waals surface area contributed by atoms with E-state index in [4.69, 9.17) is 5.73 Å². The number of rotatable bonds is 1. The molecule has 0 spiro atoms. The van der Waals surface area contributed by atoms with Gasteiger partial charge < -0.3 is 10.5 Å². The summed E-state index contributed by atoms with van der Waals surface area (Å²) >= 11 is 0. The Bertz CT molecular complexity index is 268. The van der Waals surface area contributed by atoms with Crippen LogP contribution in [0.25, 0.3) is 0 Å². The number of carbonyl (C=O) groups is 3. The van der Waals surface area contributed by atoms with Crippen molar-refractivity contribution in [3.05, 3.63) is 0 Å². The first-order valence-electron chi connectivity index (χ1n) is 3.87. The first kappa shape index (κ1) is 13.1. The van der Waals surface area contributed by atoms with Crippen molar-refractivity contribution >= 4 is 34.9 Å².